The zero-order valence-corrected chi connectivity index (χ0v) is 13.8. The Bertz CT molecular complexity index is 720. The average Bonchev–Trinajstić information content (AvgIpc) is 2.55. The lowest BCUT2D eigenvalue weighted by molar-refractivity contribution is 0.0844. The minimum Gasteiger partial charge on any atom is -0.382 e. The topological polar surface area (TPSA) is 122 Å². The van der Waals surface area contributed by atoms with E-state index in [1.54, 1.807) is 12.1 Å². The Hall–Kier alpha value is -2.52. The standard InChI is InChI=1S/C14H15BrN6O2/c1-17-6-8-2-4-9(5-3-8)13(22)20-21-14(23)11-12(16)18-7-10(15)19-11/h2-5,7,17H,6H2,1H3,(H2,16,18)(H,20,22)(H,21,23). The predicted molar refractivity (Wildman–Crippen MR) is 88.3 cm³/mol. The molecule has 0 saturated carbocycles. The number of hydrazine groups is 1. The van der Waals surface area contributed by atoms with Gasteiger partial charge in [0.1, 0.15) is 4.60 Å². The van der Waals surface area contributed by atoms with Crippen LogP contribution in [-0.4, -0.2) is 28.8 Å². The van der Waals surface area contributed by atoms with Gasteiger partial charge < -0.3 is 11.1 Å². The van der Waals surface area contributed by atoms with Gasteiger partial charge in [-0.2, -0.15) is 0 Å². The van der Waals surface area contributed by atoms with E-state index < -0.39 is 11.8 Å². The molecule has 1 aromatic heterocycles. The number of nitrogens with zero attached hydrogens (tertiary/aromatic N) is 2. The Morgan fingerprint density at radius 1 is 1.17 bits per heavy atom. The maximum Gasteiger partial charge on any atom is 0.292 e. The Balaban J connectivity index is 1.98. The Labute approximate surface area is 141 Å². The number of nitrogens with one attached hydrogen (secondary N) is 3. The van der Waals surface area contributed by atoms with Crippen molar-refractivity contribution in [3.05, 3.63) is 51.9 Å². The second kappa shape index (κ2) is 7.65. The predicted octanol–water partition coefficient (Wildman–Crippen LogP) is 0.615. The van der Waals surface area contributed by atoms with Gasteiger partial charge in [-0.25, -0.2) is 9.97 Å². The third kappa shape index (κ3) is 4.47. The number of nitrogen functional groups attached to an aromatic ring is 1. The first-order valence-corrected chi connectivity index (χ1v) is 7.43. The monoisotopic (exact) mass is 378 g/mol. The van der Waals surface area contributed by atoms with E-state index in [0.29, 0.717) is 16.7 Å². The molecular formula is C14H15BrN6O2. The van der Waals surface area contributed by atoms with E-state index in [1.165, 1.54) is 6.20 Å². The van der Waals surface area contributed by atoms with Gasteiger partial charge in [-0.15, -0.1) is 0 Å². The number of rotatable bonds is 4. The molecule has 5 N–H and O–H groups in total. The van der Waals surface area contributed by atoms with E-state index in [4.69, 9.17) is 5.73 Å². The van der Waals surface area contributed by atoms with Gasteiger partial charge in [-0.05, 0) is 40.7 Å². The highest BCUT2D eigenvalue weighted by Gasteiger charge is 2.14. The SMILES string of the molecule is CNCc1ccc(C(=O)NNC(=O)c2nc(Br)cnc2N)cc1. The molecule has 2 aromatic rings. The summed E-state index contributed by atoms with van der Waals surface area (Å²) < 4.78 is 0.364. The van der Waals surface area contributed by atoms with Crippen molar-refractivity contribution in [2.24, 2.45) is 0 Å². The summed E-state index contributed by atoms with van der Waals surface area (Å²) in [5, 5.41) is 3.01. The first kappa shape index (κ1) is 16.8. The third-order valence-electron chi connectivity index (χ3n) is 2.87. The molecule has 9 heteroatoms. The van der Waals surface area contributed by atoms with Crippen LogP contribution >= 0.6 is 15.9 Å². The molecule has 0 atom stereocenters. The normalized spacial score (nSPS) is 10.2. The molecule has 1 heterocycles. The summed E-state index contributed by atoms with van der Waals surface area (Å²) in [7, 11) is 1.84. The molecule has 0 saturated heterocycles. The van der Waals surface area contributed by atoms with Crippen LogP contribution in [0.25, 0.3) is 0 Å². The van der Waals surface area contributed by atoms with Gasteiger partial charge >= 0.3 is 0 Å². The maximum absolute atomic E-state index is 12.0. The Morgan fingerprint density at radius 3 is 2.48 bits per heavy atom. The fourth-order valence-electron chi connectivity index (χ4n) is 1.77. The van der Waals surface area contributed by atoms with Crippen LogP contribution < -0.4 is 21.9 Å². The molecule has 0 aliphatic carbocycles. The molecule has 0 bridgehead atoms. The fraction of sp³-hybridized carbons (Fsp3) is 0.143. The van der Waals surface area contributed by atoms with E-state index in [9.17, 15) is 9.59 Å². The number of hydrogen-bond donors (Lipinski definition) is 4. The summed E-state index contributed by atoms with van der Waals surface area (Å²) in [4.78, 5) is 31.7. The van der Waals surface area contributed by atoms with Crippen LogP contribution in [0.5, 0.6) is 0 Å². The molecule has 120 valence electrons. The zero-order valence-electron chi connectivity index (χ0n) is 12.3. The van der Waals surface area contributed by atoms with Crippen molar-refractivity contribution in [1.29, 1.82) is 0 Å². The van der Waals surface area contributed by atoms with Gasteiger partial charge in [-0.3, -0.25) is 20.4 Å². The van der Waals surface area contributed by atoms with Gasteiger partial charge in [0.15, 0.2) is 11.5 Å². The van der Waals surface area contributed by atoms with Gasteiger partial charge in [0.2, 0.25) is 0 Å². The summed E-state index contributed by atoms with van der Waals surface area (Å²) in [6, 6.07) is 6.99. The van der Waals surface area contributed by atoms with E-state index in [0.717, 1.165) is 5.56 Å². The lowest BCUT2D eigenvalue weighted by Gasteiger charge is -2.08. The lowest BCUT2D eigenvalue weighted by atomic mass is 10.1. The molecule has 1 aromatic carbocycles. The van der Waals surface area contributed by atoms with Gasteiger partial charge in [0.05, 0.1) is 6.20 Å². The molecule has 2 rings (SSSR count). The largest absolute Gasteiger partial charge is 0.382 e. The van der Waals surface area contributed by atoms with Crippen LogP contribution in [0, 0.1) is 0 Å². The van der Waals surface area contributed by atoms with Crippen molar-refractivity contribution in [3.63, 3.8) is 0 Å². The summed E-state index contributed by atoms with van der Waals surface area (Å²) in [6.07, 6.45) is 1.37. The quantitative estimate of drug-likeness (QED) is 0.578. The van der Waals surface area contributed by atoms with Crippen LogP contribution in [0.3, 0.4) is 0 Å². The molecule has 0 unspecified atom stereocenters. The third-order valence-corrected chi connectivity index (χ3v) is 3.26. The van der Waals surface area contributed by atoms with Crippen LogP contribution in [0.15, 0.2) is 35.1 Å². The molecule has 8 nitrogen and oxygen atoms in total. The van der Waals surface area contributed by atoms with Crippen LogP contribution in [0.2, 0.25) is 0 Å². The summed E-state index contributed by atoms with van der Waals surface area (Å²) in [5.41, 5.74) is 11.5. The highest BCUT2D eigenvalue weighted by atomic mass is 79.9. The van der Waals surface area contributed by atoms with E-state index in [2.05, 4.69) is 42.1 Å². The van der Waals surface area contributed by atoms with Crippen molar-refractivity contribution in [1.82, 2.24) is 26.1 Å². The highest BCUT2D eigenvalue weighted by Crippen LogP contribution is 2.10. The number of benzene rings is 1. The van der Waals surface area contributed by atoms with Crippen molar-refractivity contribution in [3.8, 4) is 0 Å². The zero-order chi connectivity index (χ0) is 16.8. The Kier molecular flexibility index (Phi) is 5.61. The summed E-state index contributed by atoms with van der Waals surface area (Å²) in [5.74, 6) is -1.14. The molecule has 0 radical (unpaired) electrons. The molecule has 0 aliphatic rings. The second-order valence-corrected chi connectivity index (χ2v) is 5.37. The summed E-state index contributed by atoms with van der Waals surface area (Å²) >= 11 is 3.10. The number of carbonyl (C=O) groups excluding carboxylic acids is 2. The maximum atomic E-state index is 12.0. The minimum atomic E-state index is -0.656. The molecule has 0 fully saturated rings. The van der Waals surface area contributed by atoms with Gasteiger partial charge in [-0.1, -0.05) is 12.1 Å². The number of carbonyl (C=O) groups is 2. The van der Waals surface area contributed by atoms with Crippen molar-refractivity contribution >= 4 is 33.6 Å². The van der Waals surface area contributed by atoms with Gasteiger partial charge in [0, 0.05) is 12.1 Å². The Morgan fingerprint density at radius 2 is 1.83 bits per heavy atom. The van der Waals surface area contributed by atoms with Crippen molar-refractivity contribution in [2.75, 3.05) is 12.8 Å². The average molecular weight is 379 g/mol. The van der Waals surface area contributed by atoms with Crippen LogP contribution in [-0.2, 0) is 6.54 Å². The molecule has 0 aliphatic heterocycles. The van der Waals surface area contributed by atoms with E-state index in [1.807, 2.05) is 19.2 Å². The summed E-state index contributed by atoms with van der Waals surface area (Å²) in [6.45, 7) is 0.708. The minimum absolute atomic E-state index is 0.0311. The van der Waals surface area contributed by atoms with Crippen molar-refractivity contribution in [2.45, 2.75) is 6.54 Å². The van der Waals surface area contributed by atoms with E-state index >= 15 is 0 Å². The van der Waals surface area contributed by atoms with Crippen LogP contribution in [0.4, 0.5) is 5.82 Å². The fourth-order valence-corrected chi connectivity index (χ4v) is 2.05. The number of halogens is 1. The lowest BCUT2D eigenvalue weighted by Crippen LogP contribution is -2.42. The molecule has 0 spiro atoms. The number of aromatic nitrogens is 2. The highest BCUT2D eigenvalue weighted by molar-refractivity contribution is 9.10. The first-order valence-electron chi connectivity index (χ1n) is 6.63. The number of amides is 2. The van der Waals surface area contributed by atoms with Crippen LogP contribution in [0.1, 0.15) is 26.4 Å². The molecule has 2 amide bonds. The second-order valence-electron chi connectivity index (χ2n) is 4.56. The number of hydrogen-bond acceptors (Lipinski definition) is 6. The van der Waals surface area contributed by atoms with Crippen molar-refractivity contribution < 1.29 is 9.59 Å². The first-order chi connectivity index (χ1) is 11.0. The molecule has 23 heavy (non-hydrogen) atoms. The number of nitrogens with two attached hydrogens (primary N) is 1. The molecular weight excluding hydrogens is 364 g/mol. The van der Waals surface area contributed by atoms with Gasteiger partial charge in [0.25, 0.3) is 11.8 Å². The van der Waals surface area contributed by atoms with E-state index in [-0.39, 0.29) is 11.5 Å². The number of anilines is 1. The smallest absolute Gasteiger partial charge is 0.292 e.